The molecule has 5 heteroatoms. The number of aliphatic hydroxyl groups excluding tert-OH is 1. The van der Waals surface area contributed by atoms with Gasteiger partial charge in [0, 0.05) is 17.8 Å². The summed E-state index contributed by atoms with van der Waals surface area (Å²) in [5, 5.41) is 12.6. The monoisotopic (exact) mass is 210 g/mol. The van der Waals surface area contributed by atoms with Crippen molar-refractivity contribution in [3.05, 3.63) is 47.8 Å². The molecule has 15 heavy (non-hydrogen) atoms. The lowest BCUT2D eigenvalue weighted by Gasteiger charge is -2.02. The van der Waals surface area contributed by atoms with E-state index in [1.54, 1.807) is 0 Å². The lowest BCUT2D eigenvalue weighted by atomic mass is 10.3. The number of halogens is 2. The van der Waals surface area contributed by atoms with E-state index in [0.29, 0.717) is 5.56 Å². The molecular weight excluding hydrogens is 202 g/mol. The first-order chi connectivity index (χ1) is 7.20. The van der Waals surface area contributed by atoms with Crippen LogP contribution in [0.5, 0.6) is 0 Å². The summed E-state index contributed by atoms with van der Waals surface area (Å²) in [5.74, 6) is -1.33. The van der Waals surface area contributed by atoms with Crippen LogP contribution in [0.15, 0.2) is 30.6 Å². The zero-order chi connectivity index (χ0) is 10.8. The predicted octanol–water partition coefficient (Wildman–Crippen LogP) is 1.64. The minimum absolute atomic E-state index is 0.149. The smallest absolute Gasteiger partial charge is 0.151 e. The van der Waals surface area contributed by atoms with Crippen molar-refractivity contribution in [2.75, 3.05) is 0 Å². The van der Waals surface area contributed by atoms with Crippen molar-refractivity contribution in [2.24, 2.45) is 0 Å². The zero-order valence-electron chi connectivity index (χ0n) is 7.69. The Labute approximate surface area is 84.6 Å². The highest BCUT2D eigenvalue weighted by Crippen LogP contribution is 2.14. The van der Waals surface area contributed by atoms with Crippen LogP contribution in [0.25, 0.3) is 5.69 Å². The van der Waals surface area contributed by atoms with Gasteiger partial charge in [0.1, 0.15) is 11.5 Å². The molecule has 0 fully saturated rings. The predicted molar refractivity (Wildman–Crippen MR) is 49.4 cm³/mol. The van der Waals surface area contributed by atoms with Gasteiger partial charge in [-0.1, -0.05) is 0 Å². The Balaban J connectivity index is 2.44. The number of hydrogen-bond donors (Lipinski definition) is 1. The van der Waals surface area contributed by atoms with Crippen molar-refractivity contribution in [3.8, 4) is 5.69 Å². The van der Waals surface area contributed by atoms with Gasteiger partial charge in [-0.3, -0.25) is 0 Å². The molecule has 0 radical (unpaired) electrons. The molecule has 0 aliphatic carbocycles. The molecule has 1 aromatic carbocycles. The maximum Gasteiger partial charge on any atom is 0.151 e. The molecule has 0 aliphatic heterocycles. The summed E-state index contributed by atoms with van der Waals surface area (Å²) >= 11 is 0. The number of benzene rings is 1. The van der Waals surface area contributed by atoms with Crippen LogP contribution < -0.4 is 0 Å². The standard InChI is InChI=1S/C10H8F2N2O/c11-8-1-2-10(9(12)3-8)14-5-7(6-15)4-13-14/h1-5,15H,6H2. The van der Waals surface area contributed by atoms with Gasteiger partial charge < -0.3 is 5.11 Å². The average Bonchev–Trinajstić information content (AvgIpc) is 2.66. The molecule has 1 aromatic heterocycles. The van der Waals surface area contributed by atoms with Gasteiger partial charge >= 0.3 is 0 Å². The SMILES string of the molecule is OCc1cnn(-c2ccc(F)cc2F)c1. The van der Waals surface area contributed by atoms with Crippen molar-refractivity contribution in [2.45, 2.75) is 6.61 Å². The largest absolute Gasteiger partial charge is 0.392 e. The van der Waals surface area contributed by atoms with E-state index < -0.39 is 11.6 Å². The first-order valence-corrected chi connectivity index (χ1v) is 4.30. The molecule has 0 saturated heterocycles. The van der Waals surface area contributed by atoms with Gasteiger partial charge in [-0.05, 0) is 12.1 Å². The normalized spacial score (nSPS) is 10.6. The molecule has 78 valence electrons. The Hall–Kier alpha value is -1.75. The summed E-state index contributed by atoms with van der Waals surface area (Å²) < 4.78 is 27.2. The molecule has 0 atom stereocenters. The highest BCUT2D eigenvalue weighted by atomic mass is 19.1. The molecule has 0 amide bonds. The third kappa shape index (κ3) is 1.87. The Kier molecular flexibility index (Phi) is 2.47. The van der Waals surface area contributed by atoms with Crippen LogP contribution in [0.3, 0.4) is 0 Å². The lowest BCUT2D eigenvalue weighted by molar-refractivity contribution is 0.282. The molecule has 1 heterocycles. The Morgan fingerprint density at radius 2 is 2.13 bits per heavy atom. The highest BCUT2D eigenvalue weighted by molar-refractivity contribution is 5.33. The molecule has 0 spiro atoms. The molecule has 0 aliphatic rings. The van der Waals surface area contributed by atoms with E-state index in [0.717, 1.165) is 12.1 Å². The topological polar surface area (TPSA) is 38.1 Å². The molecule has 3 nitrogen and oxygen atoms in total. The molecule has 0 saturated carbocycles. The average molecular weight is 210 g/mol. The molecule has 2 rings (SSSR count). The number of nitrogens with zero attached hydrogens (tertiary/aromatic N) is 2. The fourth-order valence-corrected chi connectivity index (χ4v) is 1.24. The van der Waals surface area contributed by atoms with E-state index in [4.69, 9.17) is 5.11 Å². The number of aliphatic hydroxyl groups is 1. The Morgan fingerprint density at radius 3 is 2.73 bits per heavy atom. The van der Waals surface area contributed by atoms with E-state index in [1.807, 2.05) is 0 Å². The Bertz CT molecular complexity index is 482. The van der Waals surface area contributed by atoms with Gasteiger partial charge in [0.05, 0.1) is 12.8 Å². The number of aromatic nitrogens is 2. The second kappa shape index (κ2) is 3.78. The van der Waals surface area contributed by atoms with Gasteiger partial charge in [-0.25, -0.2) is 13.5 Å². The van der Waals surface area contributed by atoms with Crippen LogP contribution >= 0.6 is 0 Å². The van der Waals surface area contributed by atoms with Crippen molar-refractivity contribution in [1.82, 2.24) is 9.78 Å². The van der Waals surface area contributed by atoms with Gasteiger partial charge in [0.15, 0.2) is 5.82 Å². The lowest BCUT2D eigenvalue weighted by Crippen LogP contribution is -1.98. The van der Waals surface area contributed by atoms with E-state index >= 15 is 0 Å². The van der Waals surface area contributed by atoms with Gasteiger partial charge in [0.25, 0.3) is 0 Å². The summed E-state index contributed by atoms with van der Waals surface area (Å²) in [4.78, 5) is 0. The molecular formula is C10H8F2N2O. The number of rotatable bonds is 2. The van der Waals surface area contributed by atoms with Crippen molar-refractivity contribution < 1.29 is 13.9 Å². The third-order valence-electron chi connectivity index (χ3n) is 1.98. The molecule has 0 bridgehead atoms. The van der Waals surface area contributed by atoms with Crippen LogP contribution in [0, 0.1) is 11.6 Å². The second-order valence-electron chi connectivity index (χ2n) is 3.05. The van der Waals surface area contributed by atoms with Gasteiger partial charge in [-0.2, -0.15) is 5.10 Å². The zero-order valence-corrected chi connectivity index (χ0v) is 7.69. The summed E-state index contributed by atoms with van der Waals surface area (Å²) in [6.45, 7) is -0.164. The van der Waals surface area contributed by atoms with E-state index in [2.05, 4.69) is 5.10 Å². The highest BCUT2D eigenvalue weighted by Gasteiger charge is 2.07. The maximum atomic E-state index is 13.3. The fraction of sp³-hybridized carbons (Fsp3) is 0.100. The number of hydrogen-bond acceptors (Lipinski definition) is 2. The van der Waals surface area contributed by atoms with E-state index in [-0.39, 0.29) is 12.3 Å². The molecule has 1 N–H and O–H groups in total. The van der Waals surface area contributed by atoms with Crippen molar-refractivity contribution >= 4 is 0 Å². The van der Waals surface area contributed by atoms with Gasteiger partial charge in [0.2, 0.25) is 0 Å². The molecule has 2 aromatic rings. The van der Waals surface area contributed by atoms with Crippen molar-refractivity contribution in [1.29, 1.82) is 0 Å². The fourth-order valence-electron chi connectivity index (χ4n) is 1.24. The van der Waals surface area contributed by atoms with Crippen LogP contribution in [-0.4, -0.2) is 14.9 Å². The second-order valence-corrected chi connectivity index (χ2v) is 3.05. The minimum atomic E-state index is -0.692. The maximum absolute atomic E-state index is 13.3. The van der Waals surface area contributed by atoms with Crippen LogP contribution in [0.1, 0.15) is 5.56 Å². The quantitative estimate of drug-likeness (QED) is 0.818. The van der Waals surface area contributed by atoms with E-state index in [9.17, 15) is 8.78 Å². The van der Waals surface area contributed by atoms with Gasteiger partial charge in [-0.15, -0.1) is 0 Å². The summed E-state index contributed by atoms with van der Waals surface area (Å²) in [5.41, 5.74) is 0.717. The first-order valence-electron chi connectivity index (χ1n) is 4.30. The van der Waals surface area contributed by atoms with Crippen molar-refractivity contribution in [3.63, 3.8) is 0 Å². The van der Waals surface area contributed by atoms with Crippen LogP contribution in [0.2, 0.25) is 0 Å². The van der Waals surface area contributed by atoms with Crippen LogP contribution in [-0.2, 0) is 6.61 Å². The first kappa shape index (κ1) is 9.79. The Morgan fingerprint density at radius 1 is 1.33 bits per heavy atom. The van der Waals surface area contributed by atoms with Crippen LogP contribution in [0.4, 0.5) is 8.78 Å². The summed E-state index contributed by atoms with van der Waals surface area (Å²) in [6.07, 6.45) is 2.90. The van der Waals surface area contributed by atoms with E-state index in [1.165, 1.54) is 23.1 Å². The minimum Gasteiger partial charge on any atom is -0.392 e. The molecule has 0 unspecified atom stereocenters. The summed E-state index contributed by atoms with van der Waals surface area (Å²) in [6, 6.07) is 3.23. The summed E-state index contributed by atoms with van der Waals surface area (Å²) in [7, 11) is 0. The third-order valence-corrected chi connectivity index (χ3v) is 1.98.